The minimum Gasteiger partial charge on any atom is -0.497 e. The molecule has 0 aliphatic heterocycles. The number of hydrogen-bond donors (Lipinski definition) is 1. The molecule has 0 fully saturated rings. The number of carbonyl (C=O) groups excluding carboxylic acids is 1. The maximum absolute atomic E-state index is 12.4. The number of benzene rings is 2. The Hall–Kier alpha value is -2.11. The van der Waals surface area contributed by atoms with Gasteiger partial charge in [-0.2, -0.15) is 0 Å². The molecule has 7 heteroatoms. The van der Waals surface area contributed by atoms with Crippen molar-refractivity contribution in [3.63, 3.8) is 0 Å². The van der Waals surface area contributed by atoms with Gasteiger partial charge < -0.3 is 19.5 Å². The number of halogens is 2. The van der Waals surface area contributed by atoms with Gasteiger partial charge in [0.2, 0.25) is 0 Å². The highest BCUT2D eigenvalue weighted by Gasteiger charge is 2.18. The molecule has 128 valence electrons. The van der Waals surface area contributed by atoms with E-state index in [1.54, 1.807) is 50.4 Å². The fourth-order valence-corrected chi connectivity index (χ4v) is 2.41. The highest BCUT2D eigenvalue weighted by Crippen LogP contribution is 2.30. The maximum Gasteiger partial charge on any atom is 0.265 e. The molecule has 1 atom stereocenters. The van der Waals surface area contributed by atoms with Crippen LogP contribution in [0.1, 0.15) is 6.92 Å². The van der Waals surface area contributed by atoms with E-state index in [1.165, 1.54) is 7.11 Å². The predicted octanol–water partition coefficient (Wildman–Crippen LogP) is 4.42. The lowest BCUT2D eigenvalue weighted by Gasteiger charge is -2.17. The van der Waals surface area contributed by atoms with E-state index in [0.29, 0.717) is 33.0 Å². The Morgan fingerprint density at radius 1 is 1.04 bits per heavy atom. The highest BCUT2D eigenvalue weighted by atomic mass is 35.5. The van der Waals surface area contributed by atoms with Crippen LogP contribution >= 0.6 is 23.2 Å². The molecular formula is C17H17Cl2NO4. The van der Waals surface area contributed by atoms with Crippen LogP contribution < -0.4 is 19.5 Å². The summed E-state index contributed by atoms with van der Waals surface area (Å²) in [6.07, 6.45) is -0.778. The van der Waals surface area contributed by atoms with Crippen LogP contribution in [0.4, 0.5) is 5.69 Å². The smallest absolute Gasteiger partial charge is 0.265 e. The van der Waals surface area contributed by atoms with Gasteiger partial charge in [-0.1, -0.05) is 23.2 Å². The molecule has 0 aliphatic carbocycles. The van der Waals surface area contributed by atoms with E-state index in [4.69, 9.17) is 37.4 Å². The van der Waals surface area contributed by atoms with E-state index in [1.807, 2.05) is 0 Å². The zero-order valence-corrected chi connectivity index (χ0v) is 14.9. The zero-order chi connectivity index (χ0) is 17.7. The van der Waals surface area contributed by atoms with Crippen LogP contribution in [0.2, 0.25) is 10.0 Å². The van der Waals surface area contributed by atoms with E-state index in [2.05, 4.69) is 5.32 Å². The standard InChI is InChI=1S/C17H17Cl2NO4/c1-10(24-15-6-4-11(18)8-13(15)19)17(21)20-14-9-12(22-2)5-7-16(14)23-3/h4-10H,1-3H3,(H,20,21)/t10-/m0/s1. The summed E-state index contributed by atoms with van der Waals surface area (Å²) in [6, 6.07) is 9.91. The summed E-state index contributed by atoms with van der Waals surface area (Å²) in [6.45, 7) is 1.62. The van der Waals surface area contributed by atoms with Crippen LogP contribution in [0.15, 0.2) is 36.4 Å². The molecule has 2 aromatic carbocycles. The maximum atomic E-state index is 12.4. The topological polar surface area (TPSA) is 56.8 Å². The lowest BCUT2D eigenvalue weighted by atomic mass is 10.2. The summed E-state index contributed by atoms with van der Waals surface area (Å²) in [5.41, 5.74) is 0.486. The van der Waals surface area contributed by atoms with Gasteiger partial charge in [0.1, 0.15) is 17.2 Å². The summed E-state index contributed by atoms with van der Waals surface area (Å²) >= 11 is 11.9. The molecule has 0 unspecified atom stereocenters. The van der Waals surface area contributed by atoms with Crippen molar-refractivity contribution in [1.82, 2.24) is 0 Å². The Morgan fingerprint density at radius 3 is 2.38 bits per heavy atom. The third-order valence-electron chi connectivity index (χ3n) is 3.23. The lowest BCUT2D eigenvalue weighted by Crippen LogP contribution is -2.30. The molecular weight excluding hydrogens is 353 g/mol. The van der Waals surface area contributed by atoms with Crippen LogP contribution in [0.3, 0.4) is 0 Å². The molecule has 1 N–H and O–H groups in total. The van der Waals surface area contributed by atoms with E-state index in [0.717, 1.165) is 0 Å². The third-order valence-corrected chi connectivity index (χ3v) is 3.76. The van der Waals surface area contributed by atoms with Crippen LogP contribution in [0.25, 0.3) is 0 Å². The van der Waals surface area contributed by atoms with Crippen molar-refractivity contribution in [2.75, 3.05) is 19.5 Å². The first-order valence-corrected chi connectivity index (χ1v) is 7.84. The van der Waals surface area contributed by atoms with E-state index in [-0.39, 0.29) is 5.91 Å². The van der Waals surface area contributed by atoms with Gasteiger partial charge in [-0.05, 0) is 37.3 Å². The summed E-state index contributed by atoms with van der Waals surface area (Å²) < 4.78 is 16.0. The summed E-state index contributed by atoms with van der Waals surface area (Å²) in [5.74, 6) is 1.13. The van der Waals surface area contributed by atoms with Gasteiger partial charge in [0.15, 0.2) is 6.10 Å². The summed E-state index contributed by atoms with van der Waals surface area (Å²) in [4.78, 5) is 12.4. The first-order valence-electron chi connectivity index (χ1n) is 7.09. The van der Waals surface area contributed by atoms with E-state index >= 15 is 0 Å². The van der Waals surface area contributed by atoms with Crippen molar-refractivity contribution < 1.29 is 19.0 Å². The number of rotatable bonds is 6. The second kappa shape index (κ2) is 8.13. The van der Waals surface area contributed by atoms with E-state index < -0.39 is 6.10 Å². The average Bonchev–Trinajstić information content (AvgIpc) is 2.57. The van der Waals surface area contributed by atoms with Crippen molar-refractivity contribution >= 4 is 34.8 Å². The van der Waals surface area contributed by atoms with Gasteiger partial charge in [-0.15, -0.1) is 0 Å². The van der Waals surface area contributed by atoms with Crippen LogP contribution in [-0.4, -0.2) is 26.2 Å². The number of hydrogen-bond acceptors (Lipinski definition) is 4. The molecule has 0 saturated heterocycles. The fourth-order valence-electron chi connectivity index (χ4n) is 1.96. The number of carbonyl (C=O) groups is 1. The fraction of sp³-hybridized carbons (Fsp3) is 0.235. The normalized spacial score (nSPS) is 11.5. The molecule has 2 aromatic rings. The third kappa shape index (κ3) is 4.46. The predicted molar refractivity (Wildman–Crippen MR) is 94.7 cm³/mol. The van der Waals surface area contributed by atoms with Crippen molar-refractivity contribution in [2.45, 2.75) is 13.0 Å². The summed E-state index contributed by atoms with van der Waals surface area (Å²) in [5, 5.41) is 3.57. The Kier molecular flexibility index (Phi) is 6.17. The van der Waals surface area contributed by atoms with Crippen LogP contribution in [-0.2, 0) is 4.79 Å². The monoisotopic (exact) mass is 369 g/mol. The molecule has 0 spiro atoms. The quantitative estimate of drug-likeness (QED) is 0.818. The molecule has 2 rings (SSSR count). The van der Waals surface area contributed by atoms with Crippen molar-refractivity contribution in [1.29, 1.82) is 0 Å². The van der Waals surface area contributed by atoms with Crippen molar-refractivity contribution in [3.05, 3.63) is 46.4 Å². The van der Waals surface area contributed by atoms with Crippen molar-refractivity contribution in [3.8, 4) is 17.2 Å². The lowest BCUT2D eigenvalue weighted by molar-refractivity contribution is -0.122. The van der Waals surface area contributed by atoms with E-state index in [9.17, 15) is 4.79 Å². The molecule has 0 saturated carbocycles. The van der Waals surface area contributed by atoms with Gasteiger partial charge in [0, 0.05) is 11.1 Å². The Bertz CT molecular complexity index is 737. The highest BCUT2D eigenvalue weighted by molar-refractivity contribution is 6.35. The second-order valence-corrected chi connectivity index (χ2v) is 5.73. The van der Waals surface area contributed by atoms with Gasteiger partial charge in [0.05, 0.1) is 24.9 Å². The molecule has 0 heterocycles. The largest absolute Gasteiger partial charge is 0.497 e. The molecule has 0 aromatic heterocycles. The molecule has 0 aliphatic rings. The van der Waals surface area contributed by atoms with Gasteiger partial charge in [-0.3, -0.25) is 4.79 Å². The van der Waals surface area contributed by atoms with Crippen molar-refractivity contribution in [2.24, 2.45) is 0 Å². The number of methoxy groups -OCH3 is 2. The minimum atomic E-state index is -0.778. The first-order chi connectivity index (χ1) is 11.4. The first kappa shape index (κ1) is 18.2. The number of anilines is 1. The number of ether oxygens (including phenoxy) is 3. The van der Waals surface area contributed by atoms with Gasteiger partial charge in [0.25, 0.3) is 5.91 Å². The number of amides is 1. The second-order valence-electron chi connectivity index (χ2n) is 4.89. The Morgan fingerprint density at radius 2 is 1.75 bits per heavy atom. The SMILES string of the molecule is COc1ccc(OC)c(NC(=O)[C@H](C)Oc2ccc(Cl)cc2Cl)c1. The molecule has 5 nitrogen and oxygen atoms in total. The number of nitrogens with one attached hydrogen (secondary N) is 1. The van der Waals surface area contributed by atoms with Gasteiger partial charge >= 0.3 is 0 Å². The molecule has 0 radical (unpaired) electrons. The Balaban J connectivity index is 2.11. The van der Waals surface area contributed by atoms with Crippen LogP contribution in [0, 0.1) is 0 Å². The molecule has 24 heavy (non-hydrogen) atoms. The molecule has 1 amide bonds. The van der Waals surface area contributed by atoms with Crippen LogP contribution in [0.5, 0.6) is 17.2 Å². The van der Waals surface area contributed by atoms with Gasteiger partial charge in [-0.25, -0.2) is 0 Å². The zero-order valence-electron chi connectivity index (χ0n) is 13.4. The summed E-state index contributed by atoms with van der Waals surface area (Å²) in [7, 11) is 3.06. The average molecular weight is 370 g/mol. The minimum absolute atomic E-state index is 0.334. The Labute approximate surface area is 150 Å². The molecule has 0 bridgehead atoms.